The summed E-state index contributed by atoms with van der Waals surface area (Å²) in [6.07, 6.45) is 5.47. The highest BCUT2D eigenvalue weighted by molar-refractivity contribution is 6.05. The Labute approximate surface area is 83.6 Å². The van der Waals surface area contributed by atoms with Crippen LogP contribution in [0.4, 0.5) is 0 Å². The largest absolute Gasteiger partial charge is 0.290 e. The fourth-order valence-electron chi connectivity index (χ4n) is 1.35. The fraction of sp³-hybridized carbons (Fsp3) is 0.600. The molecule has 0 aromatic carbocycles. The Balaban J connectivity index is 2.70. The third kappa shape index (κ3) is 1.94. The van der Waals surface area contributed by atoms with E-state index in [4.69, 9.17) is 6.42 Å². The molecule has 1 heterocycles. The second-order valence-electron chi connectivity index (χ2n) is 3.96. The summed E-state index contributed by atoms with van der Waals surface area (Å²) >= 11 is 0. The molecule has 4 heteroatoms. The first kappa shape index (κ1) is 10.7. The Kier molecular flexibility index (Phi) is 2.63. The van der Waals surface area contributed by atoms with Gasteiger partial charge in [0, 0.05) is 7.05 Å². The quantitative estimate of drug-likeness (QED) is 0.487. The van der Waals surface area contributed by atoms with Crippen molar-refractivity contribution in [2.45, 2.75) is 31.8 Å². The maximum Gasteiger partial charge on any atom is 0.246 e. The highest BCUT2D eigenvalue weighted by atomic mass is 16.2. The monoisotopic (exact) mass is 194 g/mol. The zero-order chi connectivity index (χ0) is 10.9. The minimum Gasteiger partial charge on any atom is -0.290 e. The van der Waals surface area contributed by atoms with Gasteiger partial charge in [-0.05, 0) is 13.8 Å². The van der Waals surface area contributed by atoms with Crippen molar-refractivity contribution in [1.29, 1.82) is 0 Å². The molecule has 1 N–H and O–H groups in total. The number of rotatable bonds is 2. The van der Waals surface area contributed by atoms with Crippen LogP contribution in [0.3, 0.4) is 0 Å². The normalized spacial score (nSPS) is 22.7. The molecule has 76 valence electrons. The molecule has 0 aromatic heterocycles. The molecular formula is C10H14N2O2. The Morgan fingerprint density at radius 1 is 1.57 bits per heavy atom. The molecular weight excluding hydrogens is 180 g/mol. The molecule has 1 saturated heterocycles. The summed E-state index contributed by atoms with van der Waals surface area (Å²) in [5, 5.41) is 2.97. The summed E-state index contributed by atoms with van der Waals surface area (Å²) in [6.45, 7) is 3.59. The molecule has 0 saturated carbocycles. The third-order valence-corrected chi connectivity index (χ3v) is 2.28. The summed E-state index contributed by atoms with van der Waals surface area (Å²) in [5.74, 6) is 2.15. The number of hydrogen-bond donors (Lipinski definition) is 1. The van der Waals surface area contributed by atoms with Crippen LogP contribution in [-0.4, -0.2) is 35.3 Å². The summed E-state index contributed by atoms with van der Waals surface area (Å²) in [7, 11) is 1.48. The molecule has 0 aliphatic carbocycles. The zero-order valence-electron chi connectivity index (χ0n) is 8.63. The molecule has 1 aliphatic heterocycles. The van der Waals surface area contributed by atoms with Crippen LogP contribution < -0.4 is 5.32 Å². The van der Waals surface area contributed by atoms with E-state index in [1.54, 1.807) is 13.8 Å². The lowest BCUT2D eigenvalue weighted by Crippen LogP contribution is -2.48. The number of imide groups is 1. The highest BCUT2D eigenvalue weighted by Gasteiger charge is 2.38. The van der Waals surface area contributed by atoms with Crippen molar-refractivity contribution in [3.63, 3.8) is 0 Å². The summed E-state index contributed by atoms with van der Waals surface area (Å²) in [6, 6.07) is -0.474. The van der Waals surface area contributed by atoms with E-state index in [1.807, 2.05) is 0 Å². The second kappa shape index (κ2) is 3.43. The number of nitrogens with zero attached hydrogens (tertiary/aromatic N) is 1. The van der Waals surface area contributed by atoms with Gasteiger partial charge >= 0.3 is 0 Å². The average molecular weight is 194 g/mol. The van der Waals surface area contributed by atoms with E-state index >= 15 is 0 Å². The van der Waals surface area contributed by atoms with Gasteiger partial charge in [0.1, 0.15) is 0 Å². The first-order chi connectivity index (χ1) is 6.37. The Hall–Kier alpha value is -1.34. The van der Waals surface area contributed by atoms with Crippen LogP contribution in [0.2, 0.25) is 0 Å². The maximum atomic E-state index is 11.5. The Morgan fingerprint density at radius 2 is 2.14 bits per heavy atom. The van der Waals surface area contributed by atoms with E-state index < -0.39 is 11.6 Å². The van der Waals surface area contributed by atoms with Gasteiger partial charge in [0.05, 0.1) is 18.0 Å². The lowest BCUT2D eigenvalue weighted by molar-refractivity contribution is -0.137. The number of likely N-dealkylation sites (N-methyl/N-ethyl adjacent to an activating group) is 1. The standard InChI is InChI=1S/C10H14N2O2/c1-5-10(2,3)11-7-6-8(13)12(4)9(7)14/h1,7,11H,6H2,2-4H3. The topological polar surface area (TPSA) is 49.4 Å². The lowest BCUT2D eigenvalue weighted by atomic mass is 10.0. The van der Waals surface area contributed by atoms with Gasteiger partial charge in [-0.2, -0.15) is 0 Å². The minimum absolute atomic E-state index is 0.166. The van der Waals surface area contributed by atoms with Gasteiger partial charge in [0.15, 0.2) is 0 Å². The zero-order valence-corrected chi connectivity index (χ0v) is 8.63. The first-order valence-electron chi connectivity index (χ1n) is 4.43. The molecule has 1 fully saturated rings. The molecule has 14 heavy (non-hydrogen) atoms. The van der Waals surface area contributed by atoms with E-state index in [2.05, 4.69) is 11.2 Å². The number of carbonyl (C=O) groups excluding carboxylic acids is 2. The highest BCUT2D eigenvalue weighted by Crippen LogP contribution is 2.13. The van der Waals surface area contributed by atoms with Crippen LogP contribution >= 0.6 is 0 Å². The Morgan fingerprint density at radius 3 is 2.50 bits per heavy atom. The van der Waals surface area contributed by atoms with Crippen LogP contribution in [0, 0.1) is 12.3 Å². The van der Waals surface area contributed by atoms with Crippen molar-refractivity contribution in [1.82, 2.24) is 10.2 Å². The molecule has 1 rings (SSSR count). The van der Waals surface area contributed by atoms with Gasteiger partial charge < -0.3 is 0 Å². The van der Waals surface area contributed by atoms with Gasteiger partial charge in [-0.25, -0.2) is 0 Å². The third-order valence-electron chi connectivity index (χ3n) is 2.28. The predicted octanol–water partition coefficient (Wildman–Crippen LogP) is -0.255. The molecule has 0 aromatic rings. The molecule has 4 nitrogen and oxygen atoms in total. The number of nitrogens with one attached hydrogen (secondary N) is 1. The molecule has 0 radical (unpaired) electrons. The van der Waals surface area contributed by atoms with Crippen LogP contribution in [-0.2, 0) is 9.59 Å². The van der Waals surface area contributed by atoms with E-state index in [-0.39, 0.29) is 18.2 Å². The number of carbonyl (C=O) groups is 2. The average Bonchev–Trinajstić information content (AvgIpc) is 2.33. The first-order valence-corrected chi connectivity index (χ1v) is 4.43. The van der Waals surface area contributed by atoms with Crippen molar-refractivity contribution in [2.24, 2.45) is 0 Å². The van der Waals surface area contributed by atoms with Crippen LogP contribution in [0.25, 0.3) is 0 Å². The van der Waals surface area contributed by atoms with Crippen molar-refractivity contribution in [3.05, 3.63) is 0 Å². The molecule has 1 aliphatic rings. The smallest absolute Gasteiger partial charge is 0.246 e. The summed E-state index contributed by atoms with van der Waals surface area (Å²) in [5.41, 5.74) is -0.564. The van der Waals surface area contributed by atoms with Gasteiger partial charge in [-0.15, -0.1) is 6.42 Å². The maximum absolute atomic E-state index is 11.5. The van der Waals surface area contributed by atoms with E-state index in [0.29, 0.717) is 0 Å². The fourth-order valence-corrected chi connectivity index (χ4v) is 1.35. The summed E-state index contributed by atoms with van der Waals surface area (Å²) < 4.78 is 0. The van der Waals surface area contributed by atoms with Crippen LogP contribution in [0.5, 0.6) is 0 Å². The van der Waals surface area contributed by atoms with Gasteiger partial charge in [0.25, 0.3) is 0 Å². The molecule has 2 amide bonds. The molecule has 1 unspecified atom stereocenters. The SMILES string of the molecule is C#CC(C)(C)NC1CC(=O)N(C)C1=O. The second-order valence-corrected chi connectivity index (χ2v) is 3.96. The number of amides is 2. The van der Waals surface area contributed by atoms with E-state index in [1.165, 1.54) is 7.05 Å². The number of hydrogen-bond acceptors (Lipinski definition) is 3. The van der Waals surface area contributed by atoms with Gasteiger partial charge in [-0.1, -0.05) is 5.92 Å². The Bertz CT molecular complexity index is 315. The number of likely N-dealkylation sites (tertiary alicyclic amines) is 1. The van der Waals surface area contributed by atoms with Gasteiger partial charge in [0.2, 0.25) is 11.8 Å². The molecule has 0 bridgehead atoms. The number of terminal acetylenes is 1. The van der Waals surface area contributed by atoms with Crippen LogP contribution in [0.15, 0.2) is 0 Å². The van der Waals surface area contributed by atoms with Crippen molar-refractivity contribution in [3.8, 4) is 12.3 Å². The van der Waals surface area contributed by atoms with Crippen molar-refractivity contribution < 1.29 is 9.59 Å². The van der Waals surface area contributed by atoms with Crippen molar-refractivity contribution in [2.75, 3.05) is 7.05 Å². The van der Waals surface area contributed by atoms with Crippen LogP contribution in [0.1, 0.15) is 20.3 Å². The predicted molar refractivity (Wildman–Crippen MR) is 52.2 cm³/mol. The minimum atomic E-state index is -0.564. The van der Waals surface area contributed by atoms with E-state index in [0.717, 1.165) is 4.90 Å². The summed E-state index contributed by atoms with van der Waals surface area (Å²) in [4.78, 5) is 23.8. The van der Waals surface area contributed by atoms with Gasteiger partial charge in [-0.3, -0.25) is 19.8 Å². The lowest BCUT2D eigenvalue weighted by Gasteiger charge is -2.23. The van der Waals surface area contributed by atoms with E-state index in [9.17, 15) is 9.59 Å². The molecule has 1 atom stereocenters. The van der Waals surface area contributed by atoms with Crippen molar-refractivity contribution >= 4 is 11.8 Å². The molecule has 0 spiro atoms.